The number of aromatic nitrogens is 1. The highest BCUT2D eigenvalue weighted by atomic mass is 35.5. The van der Waals surface area contributed by atoms with Crippen LogP contribution in [0.1, 0.15) is 34.1 Å². The number of hydrogen-bond donors (Lipinski definition) is 2. The number of halogens is 1. The van der Waals surface area contributed by atoms with Gasteiger partial charge in [-0.15, -0.1) is 28.4 Å². The summed E-state index contributed by atoms with van der Waals surface area (Å²) in [6.45, 7) is 4.53. The number of allylic oxidation sites excluding steroid dienone is 1. The molecule has 3 N–H and O–H groups in total. The van der Waals surface area contributed by atoms with Gasteiger partial charge in [0.1, 0.15) is 5.15 Å². The summed E-state index contributed by atoms with van der Waals surface area (Å²) in [6, 6.07) is 6.19. The average Bonchev–Trinajstić information content (AvgIpc) is 3.29. The van der Waals surface area contributed by atoms with E-state index in [-0.39, 0.29) is 12.0 Å². The molecule has 3 aromatic heterocycles. The van der Waals surface area contributed by atoms with Crippen LogP contribution in [0.25, 0.3) is 16.3 Å². The lowest BCUT2D eigenvalue weighted by Gasteiger charge is -2.24. The third kappa shape index (κ3) is 3.75. The van der Waals surface area contributed by atoms with Crippen molar-refractivity contribution in [2.75, 3.05) is 5.32 Å². The highest BCUT2D eigenvalue weighted by Crippen LogP contribution is 2.43. The van der Waals surface area contributed by atoms with E-state index in [2.05, 4.69) is 52.3 Å². The molecule has 4 rings (SSSR count). The van der Waals surface area contributed by atoms with Crippen molar-refractivity contribution in [3.8, 4) is 0 Å². The Kier molecular flexibility index (Phi) is 5.48. The number of nitrogens with two attached hydrogens (primary N) is 1. The van der Waals surface area contributed by atoms with E-state index in [1.165, 1.54) is 9.75 Å². The van der Waals surface area contributed by atoms with Crippen LogP contribution in [0.15, 0.2) is 48.0 Å². The van der Waals surface area contributed by atoms with Crippen molar-refractivity contribution in [3.63, 3.8) is 0 Å². The monoisotopic (exact) mass is 413 g/mol. The molecule has 3 nitrogen and oxygen atoms in total. The minimum absolute atomic E-state index is 0.109. The molecule has 0 radical (unpaired) electrons. The molecule has 27 heavy (non-hydrogen) atoms. The zero-order chi connectivity index (χ0) is 18.8. The molecule has 0 aromatic carbocycles. The third-order valence-electron chi connectivity index (χ3n) is 4.77. The largest absolute Gasteiger partial charge is 0.379 e. The summed E-state index contributed by atoms with van der Waals surface area (Å²) in [4.78, 5) is 7.14. The molecular formula is C21H20ClN3S2. The maximum atomic E-state index is 6.43. The van der Waals surface area contributed by atoms with Crippen molar-refractivity contribution in [2.24, 2.45) is 5.73 Å². The molecule has 1 aliphatic carbocycles. The van der Waals surface area contributed by atoms with E-state index in [1.807, 2.05) is 12.1 Å². The van der Waals surface area contributed by atoms with Crippen LogP contribution in [0, 0.1) is 0 Å². The highest BCUT2D eigenvalue weighted by molar-refractivity contribution is 7.20. The Morgan fingerprint density at radius 3 is 3.00 bits per heavy atom. The van der Waals surface area contributed by atoms with Crippen LogP contribution in [-0.2, 0) is 6.54 Å². The summed E-state index contributed by atoms with van der Waals surface area (Å²) in [5.41, 5.74) is 12.3. The van der Waals surface area contributed by atoms with Crippen LogP contribution in [0.4, 0.5) is 5.69 Å². The Labute approximate surface area is 171 Å². The molecule has 0 saturated heterocycles. The van der Waals surface area contributed by atoms with Gasteiger partial charge in [0.05, 0.1) is 15.9 Å². The smallest absolute Gasteiger partial charge is 0.131 e. The van der Waals surface area contributed by atoms with Gasteiger partial charge < -0.3 is 11.1 Å². The molecular weight excluding hydrogens is 394 g/mol. The van der Waals surface area contributed by atoms with Gasteiger partial charge in [0.25, 0.3) is 0 Å². The predicted molar refractivity (Wildman–Crippen MR) is 119 cm³/mol. The zero-order valence-electron chi connectivity index (χ0n) is 14.7. The van der Waals surface area contributed by atoms with Crippen LogP contribution in [-0.4, -0.2) is 11.0 Å². The van der Waals surface area contributed by atoms with Gasteiger partial charge in [-0.25, -0.2) is 4.98 Å². The number of anilines is 1. The number of thiophene rings is 2. The van der Waals surface area contributed by atoms with Crippen LogP contribution in [0.2, 0.25) is 5.15 Å². The van der Waals surface area contributed by atoms with Crippen molar-refractivity contribution < 1.29 is 0 Å². The molecule has 0 amide bonds. The first kappa shape index (κ1) is 18.5. The number of fused-ring (bicyclic) bond motifs is 1. The van der Waals surface area contributed by atoms with Crippen LogP contribution >= 0.6 is 34.3 Å². The number of nitrogens with zero attached hydrogens (tertiary/aromatic N) is 1. The third-order valence-corrected chi connectivity index (χ3v) is 7.20. The van der Waals surface area contributed by atoms with Gasteiger partial charge in [-0.1, -0.05) is 36.4 Å². The number of nitrogens with one attached hydrogen (secondary N) is 1. The van der Waals surface area contributed by atoms with Crippen molar-refractivity contribution in [1.29, 1.82) is 0 Å². The fraction of sp³-hybridized carbons (Fsp3) is 0.238. The van der Waals surface area contributed by atoms with Crippen LogP contribution in [0.3, 0.4) is 0 Å². The molecule has 0 bridgehead atoms. The molecule has 0 saturated carbocycles. The second kappa shape index (κ2) is 8.01. The van der Waals surface area contributed by atoms with Gasteiger partial charge in [-0.2, -0.15) is 0 Å². The SMILES string of the molecule is C=C=Cc1c([C@@H]2CC=CC[C@H]2N)sc2c(NCc3cccs3)cc(Cl)nc12. The fourth-order valence-corrected chi connectivity index (χ4v) is 5.69. The normalized spacial score (nSPS) is 19.2. The minimum atomic E-state index is 0.109. The Hall–Kier alpha value is -1.88. The van der Waals surface area contributed by atoms with Crippen LogP contribution < -0.4 is 11.1 Å². The van der Waals surface area contributed by atoms with Gasteiger partial charge in [0, 0.05) is 39.9 Å². The van der Waals surface area contributed by atoms with Gasteiger partial charge in [0.2, 0.25) is 0 Å². The number of rotatable bonds is 5. The molecule has 3 heterocycles. The predicted octanol–water partition coefficient (Wildman–Crippen LogP) is 6.18. The van der Waals surface area contributed by atoms with E-state index in [4.69, 9.17) is 17.3 Å². The quantitative estimate of drug-likeness (QED) is 0.298. The molecule has 0 unspecified atom stereocenters. The van der Waals surface area contributed by atoms with Crippen LogP contribution in [0.5, 0.6) is 0 Å². The molecule has 1 aliphatic rings. The first-order chi connectivity index (χ1) is 13.2. The van der Waals surface area contributed by atoms with Crippen molar-refractivity contribution >= 4 is 56.3 Å². The molecule has 2 atom stereocenters. The number of hydrogen-bond acceptors (Lipinski definition) is 5. The molecule has 0 aliphatic heterocycles. The number of pyridine rings is 1. The van der Waals surface area contributed by atoms with E-state index in [1.54, 1.807) is 22.7 Å². The van der Waals surface area contributed by atoms with Gasteiger partial charge in [0.15, 0.2) is 0 Å². The standard InChI is InChI=1S/C21H20ClN3S2/c1-2-6-15-19-21(27-20(15)14-8-3-4-9-16(14)23)17(11-18(22)25-19)24-12-13-7-5-10-26-13/h3-7,10-11,14,16H,1,8-9,12,23H2,(H,24,25)/t14-,16-/m1/s1. The topological polar surface area (TPSA) is 50.9 Å². The maximum absolute atomic E-state index is 6.43. The Morgan fingerprint density at radius 2 is 2.26 bits per heavy atom. The van der Waals surface area contributed by atoms with Crippen molar-refractivity contribution in [1.82, 2.24) is 4.98 Å². The summed E-state index contributed by atoms with van der Waals surface area (Å²) in [5, 5.41) is 6.09. The lowest BCUT2D eigenvalue weighted by Crippen LogP contribution is -2.29. The van der Waals surface area contributed by atoms with Gasteiger partial charge >= 0.3 is 0 Å². The summed E-state index contributed by atoms with van der Waals surface area (Å²) in [5.74, 6) is 0.276. The van der Waals surface area contributed by atoms with Crippen molar-refractivity contribution in [3.05, 3.63) is 68.5 Å². The molecule has 0 spiro atoms. The summed E-state index contributed by atoms with van der Waals surface area (Å²) >= 11 is 9.84. The van der Waals surface area contributed by atoms with E-state index >= 15 is 0 Å². The van der Waals surface area contributed by atoms with E-state index in [0.29, 0.717) is 5.15 Å². The minimum Gasteiger partial charge on any atom is -0.379 e. The second-order valence-corrected chi connectivity index (χ2v) is 9.02. The van der Waals surface area contributed by atoms with Crippen molar-refractivity contribution in [2.45, 2.75) is 31.3 Å². The molecule has 138 valence electrons. The summed E-state index contributed by atoms with van der Waals surface area (Å²) in [6.07, 6.45) is 8.13. The molecule has 3 aromatic rings. The summed E-state index contributed by atoms with van der Waals surface area (Å²) in [7, 11) is 0. The maximum Gasteiger partial charge on any atom is 0.131 e. The van der Waals surface area contributed by atoms with Gasteiger partial charge in [-0.3, -0.25) is 0 Å². The van der Waals surface area contributed by atoms with E-state index in [9.17, 15) is 0 Å². The van der Waals surface area contributed by atoms with E-state index < -0.39 is 0 Å². The van der Waals surface area contributed by atoms with Gasteiger partial charge in [-0.05, 0) is 30.4 Å². The molecule has 6 heteroatoms. The lowest BCUT2D eigenvalue weighted by molar-refractivity contribution is 0.527. The first-order valence-electron chi connectivity index (χ1n) is 8.83. The lowest BCUT2D eigenvalue weighted by atomic mass is 9.87. The average molecular weight is 414 g/mol. The highest BCUT2D eigenvalue weighted by Gasteiger charge is 2.27. The second-order valence-electron chi connectivity index (χ2n) is 6.54. The summed E-state index contributed by atoms with van der Waals surface area (Å²) < 4.78 is 1.11. The first-order valence-corrected chi connectivity index (χ1v) is 10.9. The molecule has 0 fully saturated rings. The zero-order valence-corrected chi connectivity index (χ0v) is 17.1. The Balaban J connectivity index is 1.81. The fourth-order valence-electron chi connectivity index (χ4n) is 3.45. The Morgan fingerprint density at radius 1 is 1.41 bits per heavy atom. The van der Waals surface area contributed by atoms with E-state index in [0.717, 1.165) is 40.9 Å². The Bertz CT molecular complexity index is 1030.